The fourth-order valence-electron chi connectivity index (χ4n) is 2.81. The van der Waals surface area contributed by atoms with Gasteiger partial charge in [-0.2, -0.15) is 0 Å². The summed E-state index contributed by atoms with van der Waals surface area (Å²) in [5.74, 6) is -0.0795. The molecule has 27 heavy (non-hydrogen) atoms. The molecular formula is C22H16N2O3. The Balaban J connectivity index is 1.74. The van der Waals surface area contributed by atoms with Gasteiger partial charge in [-0.25, -0.2) is 9.78 Å². The Kier molecular flexibility index (Phi) is 4.26. The van der Waals surface area contributed by atoms with Gasteiger partial charge in [-0.3, -0.25) is 4.79 Å². The average molecular weight is 356 g/mol. The van der Waals surface area contributed by atoms with E-state index in [-0.39, 0.29) is 11.8 Å². The number of nitrogens with one attached hydrogen (secondary N) is 1. The summed E-state index contributed by atoms with van der Waals surface area (Å²) in [5.41, 5.74) is 2.77. The van der Waals surface area contributed by atoms with Crippen molar-refractivity contribution in [3.8, 4) is 11.5 Å². The van der Waals surface area contributed by atoms with E-state index in [1.54, 1.807) is 54.6 Å². The number of hydrogen-bond donors (Lipinski definition) is 1. The van der Waals surface area contributed by atoms with Crippen LogP contribution in [0.15, 0.2) is 82.0 Å². The van der Waals surface area contributed by atoms with Crippen molar-refractivity contribution < 1.29 is 9.21 Å². The highest BCUT2D eigenvalue weighted by atomic mass is 16.4. The van der Waals surface area contributed by atoms with Crippen molar-refractivity contribution in [2.24, 2.45) is 0 Å². The van der Waals surface area contributed by atoms with Crippen LogP contribution in [0.5, 0.6) is 0 Å². The molecule has 5 heteroatoms. The molecule has 0 aliphatic rings. The first-order chi connectivity index (χ1) is 13.1. The third-order valence-corrected chi connectivity index (χ3v) is 4.25. The number of nitrogens with zero attached hydrogens (tertiary/aromatic N) is 1. The number of carbonyl (C=O) groups is 1. The van der Waals surface area contributed by atoms with E-state index in [1.165, 1.54) is 0 Å². The predicted molar refractivity (Wildman–Crippen MR) is 105 cm³/mol. The van der Waals surface area contributed by atoms with Crippen LogP contribution in [0, 0.1) is 6.92 Å². The highest BCUT2D eigenvalue weighted by molar-refractivity contribution is 6.06. The number of rotatable bonds is 3. The molecule has 0 aliphatic heterocycles. The SMILES string of the molecule is Cc1ccc(C(=O)Nc2ccccc2-c2nc3ccccc3c(=O)o2)cc1. The number of aromatic nitrogens is 1. The molecule has 5 nitrogen and oxygen atoms in total. The van der Waals surface area contributed by atoms with E-state index in [0.717, 1.165) is 5.56 Å². The summed E-state index contributed by atoms with van der Waals surface area (Å²) >= 11 is 0. The lowest BCUT2D eigenvalue weighted by Gasteiger charge is -2.10. The first-order valence-electron chi connectivity index (χ1n) is 8.49. The van der Waals surface area contributed by atoms with Crippen LogP contribution in [0.1, 0.15) is 15.9 Å². The maximum atomic E-state index is 12.6. The van der Waals surface area contributed by atoms with Gasteiger partial charge in [0.15, 0.2) is 0 Å². The molecule has 0 atom stereocenters. The molecule has 0 bridgehead atoms. The second-order valence-electron chi connectivity index (χ2n) is 6.19. The number of anilines is 1. The second kappa shape index (κ2) is 6.88. The van der Waals surface area contributed by atoms with E-state index in [1.807, 2.05) is 25.1 Å². The largest absolute Gasteiger partial charge is 0.403 e. The van der Waals surface area contributed by atoms with Gasteiger partial charge >= 0.3 is 5.63 Å². The van der Waals surface area contributed by atoms with Gasteiger partial charge in [0.2, 0.25) is 5.89 Å². The summed E-state index contributed by atoms with van der Waals surface area (Å²) in [5, 5.41) is 3.29. The van der Waals surface area contributed by atoms with Gasteiger partial charge in [0.05, 0.1) is 22.2 Å². The highest BCUT2D eigenvalue weighted by Crippen LogP contribution is 2.27. The molecule has 1 N–H and O–H groups in total. The number of amides is 1. The molecular weight excluding hydrogens is 340 g/mol. The fourth-order valence-corrected chi connectivity index (χ4v) is 2.81. The number of aryl methyl sites for hydroxylation is 1. The maximum Gasteiger partial charge on any atom is 0.347 e. The van der Waals surface area contributed by atoms with Crippen LogP contribution in [0.3, 0.4) is 0 Å². The van der Waals surface area contributed by atoms with Crippen molar-refractivity contribution in [3.05, 3.63) is 94.3 Å². The predicted octanol–water partition coefficient (Wildman–Crippen LogP) is 4.42. The third kappa shape index (κ3) is 3.35. The van der Waals surface area contributed by atoms with Crippen LogP contribution < -0.4 is 10.9 Å². The lowest BCUT2D eigenvalue weighted by Crippen LogP contribution is -2.13. The molecule has 1 heterocycles. The van der Waals surface area contributed by atoms with Crippen LogP contribution in [-0.4, -0.2) is 10.9 Å². The summed E-state index contributed by atoms with van der Waals surface area (Å²) in [6.45, 7) is 1.96. The van der Waals surface area contributed by atoms with Crippen molar-refractivity contribution in [2.75, 3.05) is 5.32 Å². The molecule has 1 aromatic heterocycles. The van der Waals surface area contributed by atoms with E-state index < -0.39 is 5.63 Å². The summed E-state index contributed by atoms with van der Waals surface area (Å²) in [7, 11) is 0. The molecule has 0 spiro atoms. The third-order valence-electron chi connectivity index (χ3n) is 4.25. The zero-order valence-electron chi connectivity index (χ0n) is 14.6. The lowest BCUT2D eigenvalue weighted by molar-refractivity contribution is 0.102. The van der Waals surface area contributed by atoms with Crippen molar-refractivity contribution in [1.29, 1.82) is 0 Å². The van der Waals surface area contributed by atoms with Crippen molar-refractivity contribution in [2.45, 2.75) is 6.92 Å². The van der Waals surface area contributed by atoms with Crippen LogP contribution >= 0.6 is 0 Å². The highest BCUT2D eigenvalue weighted by Gasteiger charge is 2.14. The fraction of sp³-hybridized carbons (Fsp3) is 0.0455. The zero-order chi connectivity index (χ0) is 18.8. The summed E-state index contributed by atoms with van der Waals surface area (Å²) in [6, 6.07) is 21.4. The summed E-state index contributed by atoms with van der Waals surface area (Å²) < 4.78 is 5.40. The first-order valence-corrected chi connectivity index (χ1v) is 8.49. The number of carbonyl (C=O) groups excluding carboxylic acids is 1. The smallest absolute Gasteiger partial charge is 0.347 e. The van der Waals surface area contributed by atoms with E-state index in [0.29, 0.717) is 27.7 Å². The summed E-state index contributed by atoms with van der Waals surface area (Å²) in [6.07, 6.45) is 0. The van der Waals surface area contributed by atoms with Gasteiger partial charge < -0.3 is 9.73 Å². The molecule has 4 rings (SSSR count). The minimum atomic E-state index is -0.463. The Labute approximate surface area is 155 Å². The van der Waals surface area contributed by atoms with Gasteiger partial charge in [-0.1, -0.05) is 42.0 Å². The minimum Gasteiger partial charge on any atom is -0.403 e. The van der Waals surface area contributed by atoms with Crippen molar-refractivity contribution in [1.82, 2.24) is 4.98 Å². The Bertz CT molecular complexity index is 1190. The maximum absolute atomic E-state index is 12.6. The van der Waals surface area contributed by atoms with Crippen LogP contribution in [0.2, 0.25) is 0 Å². The zero-order valence-corrected chi connectivity index (χ0v) is 14.6. The minimum absolute atomic E-state index is 0.165. The summed E-state index contributed by atoms with van der Waals surface area (Å²) in [4.78, 5) is 29.3. The van der Waals surface area contributed by atoms with Gasteiger partial charge in [0, 0.05) is 5.56 Å². The quantitative estimate of drug-likeness (QED) is 0.590. The Morgan fingerprint density at radius 1 is 0.926 bits per heavy atom. The van der Waals surface area contributed by atoms with Crippen LogP contribution in [-0.2, 0) is 0 Å². The van der Waals surface area contributed by atoms with E-state index >= 15 is 0 Å². The average Bonchev–Trinajstić information content (AvgIpc) is 2.69. The molecule has 132 valence electrons. The topological polar surface area (TPSA) is 72.2 Å². The molecule has 0 fully saturated rings. The normalized spacial score (nSPS) is 10.7. The molecule has 1 amide bonds. The van der Waals surface area contributed by atoms with E-state index in [9.17, 15) is 9.59 Å². The Morgan fingerprint density at radius 2 is 1.63 bits per heavy atom. The van der Waals surface area contributed by atoms with Gasteiger partial charge in [-0.05, 0) is 43.3 Å². The van der Waals surface area contributed by atoms with Gasteiger partial charge in [-0.15, -0.1) is 0 Å². The van der Waals surface area contributed by atoms with Crippen molar-refractivity contribution >= 4 is 22.5 Å². The van der Waals surface area contributed by atoms with E-state index in [2.05, 4.69) is 10.3 Å². The van der Waals surface area contributed by atoms with Gasteiger partial charge in [0.1, 0.15) is 0 Å². The second-order valence-corrected chi connectivity index (χ2v) is 6.19. The van der Waals surface area contributed by atoms with Gasteiger partial charge in [0.25, 0.3) is 5.91 Å². The standard InChI is InChI=1S/C22H16N2O3/c1-14-10-12-15(13-11-14)20(25)23-18-8-4-2-6-16(18)21-24-19-9-5-3-7-17(19)22(26)27-21/h2-13H,1H3,(H,23,25). The first kappa shape index (κ1) is 16.7. The molecule has 4 aromatic rings. The Hall–Kier alpha value is -3.73. The molecule has 0 saturated carbocycles. The van der Waals surface area contributed by atoms with Crippen LogP contribution in [0.25, 0.3) is 22.4 Å². The molecule has 0 saturated heterocycles. The lowest BCUT2D eigenvalue weighted by atomic mass is 10.1. The van der Waals surface area contributed by atoms with E-state index in [4.69, 9.17) is 4.42 Å². The number of hydrogen-bond acceptors (Lipinski definition) is 4. The molecule has 0 aliphatic carbocycles. The number of benzene rings is 3. The molecule has 0 radical (unpaired) electrons. The van der Waals surface area contributed by atoms with Crippen molar-refractivity contribution in [3.63, 3.8) is 0 Å². The number of fused-ring (bicyclic) bond motifs is 1. The monoisotopic (exact) mass is 356 g/mol. The van der Waals surface area contributed by atoms with Crippen LogP contribution in [0.4, 0.5) is 5.69 Å². The Morgan fingerprint density at radius 3 is 2.44 bits per heavy atom. The number of para-hydroxylation sites is 2. The molecule has 3 aromatic carbocycles. The molecule has 0 unspecified atom stereocenters.